The van der Waals surface area contributed by atoms with E-state index in [4.69, 9.17) is 4.74 Å². The van der Waals surface area contributed by atoms with Crippen molar-refractivity contribution in [3.8, 4) is 0 Å². The lowest BCUT2D eigenvalue weighted by atomic mass is 9.79. The number of ether oxygens (including phenoxy) is 1. The molecule has 9 heteroatoms. The zero-order valence-corrected chi connectivity index (χ0v) is 13.2. The van der Waals surface area contributed by atoms with Gasteiger partial charge in [0, 0.05) is 0 Å². The number of fused-ring (bicyclic) bond motifs is 2. The molecular weight excluding hydrogens is 354 g/mol. The molecule has 142 valence electrons. The summed E-state index contributed by atoms with van der Waals surface area (Å²) in [6.45, 7) is 0. The molecule has 1 N–H and O–H groups in total. The Morgan fingerprint density at radius 2 is 1.56 bits per heavy atom. The van der Waals surface area contributed by atoms with Gasteiger partial charge in [-0.2, -0.15) is 26.3 Å². The van der Waals surface area contributed by atoms with Gasteiger partial charge in [-0.25, -0.2) is 0 Å². The van der Waals surface area contributed by atoms with E-state index in [0.29, 0.717) is 12.8 Å². The normalized spacial score (nSPS) is 31.6. The summed E-state index contributed by atoms with van der Waals surface area (Å²) < 4.78 is 84.7. The Hall–Kier alpha value is -1.25. The van der Waals surface area contributed by atoms with Crippen LogP contribution in [0, 0.1) is 17.8 Å². The number of carbonyl (C=O) groups is 1. The van der Waals surface area contributed by atoms with Gasteiger partial charge in [0.2, 0.25) is 0 Å². The smallest absolute Gasteiger partial charge is 0.430 e. The first kappa shape index (κ1) is 18.5. The van der Waals surface area contributed by atoms with Gasteiger partial charge < -0.3 is 9.84 Å². The van der Waals surface area contributed by atoms with Gasteiger partial charge in [0.15, 0.2) is 5.60 Å². The molecule has 0 aromatic carbocycles. The molecule has 0 heterocycles. The first-order chi connectivity index (χ1) is 11.4. The fourth-order valence-corrected chi connectivity index (χ4v) is 4.48. The van der Waals surface area contributed by atoms with Crippen LogP contribution in [0.4, 0.5) is 26.3 Å². The van der Waals surface area contributed by atoms with Gasteiger partial charge >= 0.3 is 18.3 Å². The Balaban J connectivity index is 1.93. The van der Waals surface area contributed by atoms with Gasteiger partial charge in [-0.15, -0.1) is 0 Å². The molecule has 2 bridgehead atoms. The van der Waals surface area contributed by atoms with Crippen molar-refractivity contribution in [2.45, 2.75) is 62.1 Å². The van der Waals surface area contributed by atoms with Crippen molar-refractivity contribution < 1.29 is 41.0 Å². The van der Waals surface area contributed by atoms with Crippen LogP contribution in [0.1, 0.15) is 38.5 Å². The molecule has 0 aromatic heterocycles. The summed E-state index contributed by atoms with van der Waals surface area (Å²) in [5, 5.41) is 9.82. The number of allylic oxidation sites excluding steroid dienone is 2. The van der Waals surface area contributed by atoms with Crippen LogP contribution in [0.5, 0.6) is 0 Å². The van der Waals surface area contributed by atoms with Gasteiger partial charge in [0.25, 0.3) is 5.60 Å². The van der Waals surface area contributed by atoms with Crippen molar-refractivity contribution in [3.63, 3.8) is 0 Å². The molecule has 3 unspecified atom stereocenters. The Labute approximate surface area is 140 Å². The lowest BCUT2D eigenvalue weighted by molar-refractivity contribution is -0.412. The first-order valence-corrected chi connectivity index (χ1v) is 8.18. The van der Waals surface area contributed by atoms with E-state index in [2.05, 4.69) is 0 Å². The molecule has 0 spiro atoms. The number of hydrogen-bond donors (Lipinski definition) is 1. The topological polar surface area (TPSA) is 46.5 Å². The van der Waals surface area contributed by atoms with E-state index >= 15 is 0 Å². The third-order valence-corrected chi connectivity index (χ3v) is 5.77. The van der Waals surface area contributed by atoms with Crippen molar-refractivity contribution in [1.82, 2.24) is 0 Å². The number of esters is 1. The van der Waals surface area contributed by atoms with Crippen LogP contribution in [-0.4, -0.2) is 34.6 Å². The largest absolute Gasteiger partial charge is 0.455 e. The molecule has 0 amide bonds. The highest BCUT2D eigenvalue weighted by molar-refractivity contribution is 5.74. The summed E-state index contributed by atoms with van der Waals surface area (Å²) in [7, 11) is 0. The molecule has 0 radical (unpaired) electrons. The third kappa shape index (κ3) is 2.65. The van der Waals surface area contributed by atoms with Gasteiger partial charge in [-0.1, -0.05) is 12.2 Å². The minimum Gasteiger partial charge on any atom is -0.455 e. The molecule has 3 atom stereocenters. The molecule has 3 aliphatic rings. The van der Waals surface area contributed by atoms with E-state index in [1.807, 2.05) is 6.08 Å². The highest BCUT2D eigenvalue weighted by Gasteiger charge is 2.81. The fraction of sp³-hybridized carbons (Fsp3) is 0.812. The second kappa shape index (κ2) is 5.62. The van der Waals surface area contributed by atoms with Crippen molar-refractivity contribution in [3.05, 3.63) is 12.2 Å². The van der Waals surface area contributed by atoms with Crippen LogP contribution in [0.2, 0.25) is 0 Å². The molecule has 2 saturated carbocycles. The minimum atomic E-state index is -6.01. The summed E-state index contributed by atoms with van der Waals surface area (Å²) in [5.41, 5.74) is -8.10. The molecule has 2 fully saturated rings. The summed E-state index contributed by atoms with van der Waals surface area (Å²) in [4.78, 5) is 12.4. The summed E-state index contributed by atoms with van der Waals surface area (Å²) in [5.74, 6) is -1.95. The van der Waals surface area contributed by atoms with Gasteiger partial charge in [0.1, 0.15) is 0 Å². The highest BCUT2D eigenvalue weighted by Crippen LogP contribution is 2.57. The number of rotatable bonds is 3. The highest BCUT2D eigenvalue weighted by atomic mass is 19.4. The van der Waals surface area contributed by atoms with Crippen LogP contribution in [0.15, 0.2) is 12.2 Å². The molecule has 3 rings (SSSR count). The van der Waals surface area contributed by atoms with Gasteiger partial charge in [0.05, 0.1) is 5.92 Å². The third-order valence-electron chi connectivity index (χ3n) is 5.77. The van der Waals surface area contributed by atoms with Crippen LogP contribution in [0.3, 0.4) is 0 Å². The average Bonchev–Trinajstić information content (AvgIpc) is 3.20. The van der Waals surface area contributed by atoms with Crippen molar-refractivity contribution in [2.75, 3.05) is 0 Å². The quantitative estimate of drug-likeness (QED) is 0.464. The Morgan fingerprint density at radius 3 is 1.96 bits per heavy atom. The molecule has 0 aromatic rings. The molecular formula is C16H18F6O3. The number of carbonyl (C=O) groups excluding carboxylic acids is 1. The monoisotopic (exact) mass is 372 g/mol. The second-order valence-corrected chi connectivity index (χ2v) is 7.22. The van der Waals surface area contributed by atoms with Crippen molar-refractivity contribution >= 4 is 5.97 Å². The predicted molar refractivity (Wildman–Crippen MR) is 73.2 cm³/mol. The Kier molecular flexibility index (Phi) is 4.17. The Morgan fingerprint density at radius 1 is 1.00 bits per heavy atom. The number of halogens is 6. The van der Waals surface area contributed by atoms with E-state index in [1.165, 1.54) is 0 Å². The maximum atomic E-state index is 13.3. The van der Waals surface area contributed by atoms with E-state index < -0.39 is 48.3 Å². The lowest BCUT2D eigenvalue weighted by Gasteiger charge is -2.45. The van der Waals surface area contributed by atoms with Gasteiger partial charge in [-0.3, -0.25) is 4.79 Å². The number of alkyl halides is 6. The Bertz CT molecular complexity index is 559. The van der Waals surface area contributed by atoms with Crippen molar-refractivity contribution in [2.24, 2.45) is 17.8 Å². The van der Waals surface area contributed by atoms with E-state index in [0.717, 1.165) is 0 Å². The first-order valence-electron chi connectivity index (χ1n) is 8.18. The minimum absolute atomic E-state index is 0.0123. The molecule has 3 aliphatic carbocycles. The number of hydrogen-bond acceptors (Lipinski definition) is 3. The van der Waals surface area contributed by atoms with Crippen LogP contribution in [-0.2, 0) is 9.53 Å². The zero-order chi connectivity index (χ0) is 18.7. The number of aliphatic hydroxyl groups is 1. The van der Waals surface area contributed by atoms with Gasteiger partial charge in [-0.05, 0) is 50.4 Å². The van der Waals surface area contributed by atoms with E-state index in [9.17, 15) is 36.2 Å². The molecule has 25 heavy (non-hydrogen) atoms. The van der Waals surface area contributed by atoms with Crippen LogP contribution < -0.4 is 0 Å². The zero-order valence-electron chi connectivity index (χ0n) is 13.2. The summed E-state index contributed by atoms with van der Waals surface area (Å²) in [6.07, 6.45) is -8.70. The van der Waals surface area contributed by atoms with E-state index in [1.54, 1.807) is 6.08 Å². The maximum absolute atomic E-state index is 13.3. The standard InChI is InChI=1S/C16H18F6O3/c17-15(18,19)14(24,16(20,21)22)13(5-1-2-6-13)25-12(23)11-8-9-3-4-10(11)7-9/h3-4,9-11,24H,1-2,5-8H2. The van der Waals surface area contributed by atoms with Crippen molar-refractivity contribution in [1.29, 1.82) is 0 Å². The predicted octanol–water partition coefficient (Wildman–Crippen LogP) is 3.91. The van der Waals surface area contributed by atoms with Crippen LogP contribution >= 0.6 is 0 Å². The SMILES string of the molecule is O=C(OC1(C(O)(C(F)(F)F)C(F)(F)F)CCCC1)C1CC2C=CC1C2. The van der Waals surface area contributed by atoms with E-state index in [-0.39, 0.29) is 24.7 Å². The molecule has 0 saturated heterocycles. The molecule has 0 aliphatic heterocycles. The van der Waals surface area contributed by atoms with Crippen LogP contribution in [0.25, 0.3) is 0 Å². The summed E-state index contributed by atoms with van der Waals surface area (Å²) >= 11 is 0. The average molecular weight is 372 g/mol. The molecule has 3 nitrogen and oxygen atoms in total. The fourth-order valence-electron chi connectivity index (χ4n) is 4.48. The maximum Gasteiger partial charge on any atom is 0.430 e. The second-order valence-electron chi connectivity index (χ2n) is 7.22. The lowest BCUT2D eigenvalue weighted by Crippen LogP contribution is -2.71. The summed E-state index contributed by atoms with van der Waals surface area (Å²) in [6, 6.07) is 0.